The highest BCUT2D eigenvalue weighted by atomic mass is 127. The van der Waals surface area contributed by atoms with Gasteiger partial charge in [0.15, 0.2) is 0 Å². The number of halogens is 1. The van der Waals surface area contributed by atoms with Gasteiger partial charge in [0, 0.05) is 55.2 Å². The third kappa shape index (κ3) is 3.54. The lowest BCUT2D eigenvalue weighted by atomic mass is 9.77. The normalized spacial score (nSPS) is 19.2. The minimum atomic E-state index is -0.214. The fraction of sp³-hybridized carbons (Fsp3) is 0.367. The molecule has 2 nitrogen and oxygen atoms in total. The molecule has 3 aromatic rings. The van der Waals surface area contributed by atoms with E-state index in [2.05, 4.69) is 89.5 Å². The molecular weight excluding hydrogens is 515 g/mol. The van der Waals surface area contributed by atoms with E-state index in [1.54, 1.807) is 20.3 Å². The van der Waals surface area contributed by atoms with Crippen LogP contribution in [-0.4, -0.2) is 23.1 Å². The largest absolute Gasteiger partial charge is 0.371 e. The average Bonchev–Trinajstić information content (AvgIpc) is 2.83. The molecule has 0 fully saturated rings. The molecule has 3 aromatic carbocycles. The Kier molecular flexibility index (Phi) is 5.36. The molecule has 0 saturated heterocycles. The number of rotatable bonds is 3. The van der Waals surface area contributed by atoms with E-state index in [9.17, 15) is 0 Å². The maximum absolute atomic E-state index is 2.65. The Labute approximate surface area is 208 Å². The summed E-state index contributed by atoms with van der Waals surface area (Å²) in [6, 6.07) is 18.5. The monoisotopic (exact) mass is 548 g/mol. The predicted molar refractivity (Wildman–Crippen MR) is 153 cm³/mol. The molecular formula is C30H33IN2. The lowest BCUT2D eigenvalue weighted by molar-refractivity contribution is 0.634. The molecule has 0 bridgehead atoms. The first-order valence-electron chi connectivity index (χ1n) is 12.5. The molecule has 6 rings (SSSR count). The summed E-state index contributed by atoms with van der Waals surface area (Å²) in [5.41, 5.74) is 9.12. The predicted octanol–water partition coefficient (Wildman–Crippen LogP) is 7.43. The topological polar surface area (TPSA) is 6.48 Å². The summed E-state index contributed by atoms with van der Waals surface area (Å²) in [6.45, 7) is 10.7. The second kappa shape index (κ2) is 8.26. The molecule has 3 aliphatic heterocycles. The van der Waals surface area contributed by atoms with E-state index in [1.165, 1.54) is 66.4 Å². The summed E-state index contributed by atoms with van der Waals surface area (Å²) in [6.07, 6.45) is 9.97. The Morgan fingerprint density at radius 3 is 2.39 bits per heavy atom. The summed E-state index contributed by atoms with van der Waals surface area (Å²) in [5, 5.41) is 2.76. The van der Waals surface area contributed by atoms with E-state index >= 15 is 0 Å². The van der Waals surface area contributed by atoms with Crippen LogP contribution in [0.2, 0.25) is 0 Å². The van der Waals surface area contributed by atoms with E-state index in [0.29, 0.717) is 0 Å². The molecule has 0 amide bonds. The number of anilines is 2. The molecule has 0 spiro atoms. The number of fused-ring (bicyclic) bond motifs is 3. The fourth-order valence-corrected chi connectivity index (χ4v) is 8.91. The van der Waals surface area contributed by atoms with Gasteiger partial charge < -0.3 is 8.01 Å². The Balaban J connectivity index is 1.42. The third-order valence-electron chi connectivity index (χ3n) is 7.64. The van der Waals surface area contributed by atoms with Crippen molar-refractivity contribution in [2.75, 3.05) is 27.6 Å². The van der Waals surface area contributed by atoms with Crippen LogP contribution in [0.1, 0.15) is 55.9 Å². The van der Waals surface area contributed by atoms with Gasteiger partial charge in [0.1, 0.15) is 0 Å². The van der Waals surface area contributed by atoms with Gasteiger partial charge in [-0.15, -0.1) is 0 Å². The number of nitrogens with zero attached hydrogens (tertiary/aromatic N) is 2. The number of aryl methyl sites for hydroxylation is 2. The summed E-state index contributed by atoms with van der Waals surface area (Å²) in [7, 11) is 0. The van der Waals surface area contributed by atoms with Gasteiger partial charge in [-0.1, -0.05) is 56.3 Å². The SMILES string of the molecule is CCN1I=C(C=Cc2cc3c4c(c2)CCCN4CCC3)C(C)(C)c2c1ccc1ccccc21. The Morgan fingerprint density at radius 1 is 0.939 bits per heavy atom. The first-order chi connectivity index (χ1) is 16.1. The molecule has 0 aromatic heterocycles. The molecule has 0 unspecified atom stereocenters. The van der Waals surface area contributed by atoms with Gasteiger partial charge in [-0.2, -0.15) is 0 Å². The van der Waals surface area contributed by atoms with Crippen molar-refractivity contribution in [1.29, 1.82) is 0 Å². The molecule has 0 radical (unpaired) electrons. The second-order valence-electron chi connectivity index (χ2n) is 10.1. The molecule has 3 heterocycles. The maximum Gasteiger partial charge on any atom is 0.0500 e. The lowest BCUT2D eigenvalue weighted by Crippen LogP contribution is -2.34. The Bertz CT molecular complexity index is 1270. The zero-order valence-corrected chi connectivity index (χ0v) is 22.2. The highest BCUT2D eigenvalue weighted by molar-refractivity contribution is 14.2. The van der Waals surface area contributed by atoms with Crippen LogP contribution in [0.25, 0.3) is 16.8 Å². The van der Waals surface area contributed by atoms with E-state index in [1.807, 2.05) is 0 Å². The third-order valence-corrected chi connectivity index (χ3v) is 11.7. The van der Waals surface area contributed by atoms with Crippen molar-refractivity contribution in [3.05, 3.63) is 76.9 Å². The van der Waals surface area contributed by atoms with Gasteiger partial charge in [-0.25, -0.2) is 0 Å². The molecule has 170 valence electrons. The molecule has 33 heavy (non-hydrogen) atoms. The molecule has 0 N–H and O–H groups in total. The molecule has 3 heteroatoms. The number of allylic oxidation sites excluding steroid dienone is 1. The average molecular weight is 549 g/mol. The van der Waals surface area contributed by atoms with Crippen LogP contribution < -0.4 is 8.01 Å². The lowest BCUT2D eigenvalue weighted by Gasteiger charge is -2.38. The van der Waals surface area contributed by atoms with Crippen LogP contribution >= 0.6 is 21.0 Å². The van der Waals surface area contributed by atoms with E-state index in [0.717, 1.165) is 6.54 Å². The summed E-state index contributed by atoms with van der Waals surface area (Å²) < 4.78 is 4.26. The van der Waals surface area contributed by atoms with E-state index in [-0.39, 0.29) is 26.4 Å². The fourth-order valence-electron chi connectivity index (χ4n) is 6.06. The summed E-state index contributed by atoms with van der Waals surface area (Å²) in [5.74, 6) is 0. The molecule has 0 saturated carbocycles. The molecule has 3 aliphatic rings. The zero-order chi connectivity index (χ0) is 22.6. The van der Waals surface area contributed by atoms with Gasteiger partial charge in [0.25, 0.3) is 0 Å². The smallest absolute Gasteiger partial charge is 0.0500 e. The maximum atomic E-state index is 2.65. The standard InChI is InChI=1S/C30H33IN2/c1-4-33-26-15-14-22-9-5-6-12-25(22)28(26)30(2,3)27(31-33)16-13-21-19-23-10-7-17-32-18-8-11-24(20-21)29(23)32/h5-6,9,12-16,19-20H,4,7-8,10-11,17-18H2,1-3H3. The first kappa shape index (κ1) is 21.4. The Hall–Kier alpha value is -2.14. The second-order valence-corrected chi connectivity index (χ2v) is 12.9. The van der Waals surface area contributed by atoms with Gasteiger partial charge in [-0.05, 0) is 83.8 Å². The summed E-state index contributed by atoms with van der Waals surface area (Å²) >= 11 is -0.214. The van der Waals surface area contributed by atoms with Gasteiger partial charge in [0.2, 0.25) is 0 Å². The van der Waals surface area contributed by atoms with Crippen molar-refractivity contribution in [3.8, 4) is 0 Å². The van der Waals surface area contributed by atoms with Gasteiger partial charge >= 0.3 is 0 Å². The van der Waals surface area contributed by atoms with Crippen LogP contribution in [0.15, 0.2) is 54.6 Å². The van der Waals surface area contributed by atoms with E-state index < -0.39 is 0 Å². The molecule has 0 aliphatic carbocycles. The van der Waals surface area contributed by atoms with Crippen LogP contribution in [0.4, 0.5) is 11.4 Å². The van der Waals surface area contributed by atoms with Crippen LogP contribution in [0.3, 0.4) is 0 Å². The number of hydrogen-bond donors (Lipinski definition) is 0. The van der Waals surface area contributed by atoms with Crippen molar-refractivity contribution in [2.45, 2.75) is 51.9 Å². The molecule has 0 atom stereocenters. The van der Waals surface area contributed by atoms with Crippen molar-refractivity contribution in [2.24, 2.45) is 0 Å². The Morgan fingerprint density at radius 2 is 1.67 bits per heavy atom. The van der Waals surface area contributed by atoms with Crippen LogP contribution in [-0.2, 0) is 18.3 Å². The minimum Gasteiger partial charge on any atom is -0.371 e. The van der Waals surface area contributed by atoms with Crippen molar-refractivity contribution in [3.63, 3.8) is 0 Å². The quantitative estimate of drug-likeness (QED) is 0.248. The summed E-state index contributed by atoms with van der Waals surface area (Å²) in [4.78, 5) is 2.64. The van der Waals surface area contributed by atoms with Crippen LogP contribution in [0.5, 0.6) is 0 Å². The highest BCUT2D eigenvalue weighted by Gasteiger charge is 2.35. The van der Waals surface area contributed by atoms with Gasteiger partial charge in [0.05, 0.1) is 5.69 Å². The zero-order valence-electron chi connectivity index (χ0n) is 20.0. The number of hydrogen-bond acceptors (Lipinski definition) is 2. The van der Waals surface area contributed by atoms with Gasteiger partial charge in [-0.3, -0.25) is 0 Å². The van der Waals surface area contributed by atoms with E-state index in [4.69, 9.17) is 0 Å². The number of benzene rings is 3. The van der Waals surface area contributed by atoms with Crippen LogP contribution in [0, 0.1) is 0 Å². The van der Waals surface area contributed by atoms with Crippen molar-refractivity contribution >= 4 is 52.7 Å². The van der Waals surface area contributed by atoms with Crippen molar-refractivity contribution < 1.29 is 0 Å². The first-order valence-corrected chi connectivity index (χ1v) is 14.5. The highest BCUT2D eigenvalue weighted by Crippen LogP contribution is 2.47. The minimum absolute atomic E-state index is 0.0465. The van der Waals surface area contributed by atoms with Crippen molar-refractivity contribution in [1.82, 2.24) is 0 Å².